The number of ether oxygens (including phenoxy) is 1. The molecule has 1 aliphatic heterocycles. The molecule has 1 aliphatic rings. The van der Waals surface area contributed by atoms with Gasteiger partial charge in [0.2, 0.25) is 0 Å². The van der Waals surface area contributed by atoms with E-state index in [-0.39, 0.29) is 28.2 Å². The van der Waals surface area contributed by atoms with Crippen molar-refractivity contribution in [2.24, 2.45) is 0 Å². The number of hydrogen-bond donors (Lipinski definition) is 0. The highest BCUT2D eigenvalue weighted by atomic mass is 35.5. The zero-order valence-electron chi connectivity index (χ0n) is 17.6. The van der Waals surface area contributed by atoms with Crippen LogP contribution in [0.5, 0.6) is 0 Å². The fourth-order valence-electron chi connectivity index (χ4n) is 3.77. The number of amides is 2. The summed E-state index contributed by atoms with van der Waals surface area (Å²) in [5.41, 5.74) is 1.09. The maximum absolute atomic E-state index is 13.6. The molecule has 2 amide bonds. The Morgan fingerprint density at radius 3 is 2.58 bits per heavy atom. The summed E-state index contributed by atoms with van der Waals surface area (Å²) in [4.78, 5) is 34.4. The van der Waals surface area contributed by atoms with E-state index in [1.165, 1.54) is 22.3 Å². The Labute approximate surface area is 210 Å². The summed E-state index contributed by atoms with van der Waals surface area (Å²) in [6.45, 7) is 1.13. The van der Waals surface area contributed by atoms with E-state index in [4.69, 9.17) is 39.5 Å². The van der Waals surface area contributed by atoms with Crippen molar-refractivity contribution >= 4 is 68.8 Å². The molecule has 2 aromatic carbocycles. The molecular weight excluding hydrogens is 505 g/mol. The summed E-state index contributed by atoms with van der Waals surface area (Å²) in [5.74, 6) is -0.573. The zero-order valence-corrected chi connectivity index (χ0v) is 20.7. The van der Waals surface area contributed by atoms with Crippen molar-refractivity contribution in [3.63, 3.8) is 0 Å². The van der Waals surface area contributed by atoms with Gasteiger partial charge in [-0.3, -0.25) is 14.5 Å². The van der Waals surface area contributed by atoms with Crippen molar-refractivity contribution in [1.29, 1.82) is 0 Å². The Morgan fingerprint density at radius 2 is 1.88 bits per heavy atom. The van der Waals surface area contributed by atoms with Crippen LogP contribution in [0, 0.1) is 0 Å². The van der Waals surface area contributed by atoms with E-state index >= 15 is 0 Å². The smallest absolute Gasteiger partial charge is 0.273 e. The summed E-state index contributed by atoms with van der Waals surface area (Å²) in [5, 5.41) is 3.19. The first-order valence-corrected chi connectivity index (χ1v) is 12.2. The molecule has 3 aromatic rings. The summed E-state index contributed by atoms with van der Waals surface area (Å²) in [7, 11) is 1.62. The molecule has 33 heavy (non-hydrogen) atoms. The summed E-state index contributed by atoms with van der Waals surface area (Å²) in [6, 6.07) is 11.5. The van der Waals surface area contributed by atoms with Crippen LogP contribution in [-0.2, 0) is 4.74 Å². The van der Waals surface area contributed by atoms with Crippen LogP contribution in [0.15, 0.2) is 47.8 Å². The molecule has 2 heterocycles. The first kappa shape index (κ1) is 24.0. The monoisotopic (exact) mass is 523 g/mol. The molecule has 0 radical (unpaired) electrons. The Bertz CT molecular complexity index is 1170. The largest absolute Gasteiger partial charge is 0.383 e. The number of benzene rings is 2. The standard InChI is InChI=1S/C23H20Cl3N3O3S/c1-32-12-17-3-2-10-28(17)22(31)20-13-33-23(27-20)29(16-7-4-14(24)5-8-16)21(30)18-9-6-15(25)11-19(18)26/h4-9,11,13,17H,2-3,10,12H2,1H3/t17-/m0/s1. The van der Waals surface area contributed by atoms with E-state index in [0.29, 0.717) is 34.0 Å². The number of nitrogens with zero attached hydrogens (tertiary/aromatic N) is 3. The van der Waals surface area contributed by atoms with Gasteiger partial charge in [-0.1, -0.05) is 34.8 Å². The minimum absolute atomic E-state index is 0.0227. The number of halogens is 3. The third-order valence-corrected chi connectivity index (χ3v) is 6.97. The molecule has 1 atom stereocenters. The van der Waals surface area contributed by atoms with Crippen LogP contribution in [0.25, 0.3) is 0 Å². The number of thiazole rings is 1. The van der Waals surface area contributed by atoms with Crippen LogP contribution >= 0.6 is 46.1 Å². The van der Waals surface area contributed by atoms with Crippen molar-refractivity contribution < 1.29 is 14.3 Å². The van der Waals surface area contributed by atoms with Crippen LogP contribution in [0.2, 0.25) is 15.1 Å². The fraction of sp³-hybridized carbons (Fsp3) is 0.261. The number of methoxy groups -OCH3 is 1. The van der Waals surface area contributed by atoms with Crippen LogP contribution in [0.1, 0.15) is 33.7 Å². The molecule has 1 fully saturated rings. The highest BCUT2D eigenvalue weighted by molar-refractivity contribution is 7.14. The van der Waals surface area contributed by atoms with Crippen molar-refractivity contribution in [3.8, 4) is 0 Å². The second-order valence-corrected chi connectivity index (χ2v) is 9.62. The molecule has 0 saturated carbocycles. The second-order valence-electron chi connectivity index (χ2n) is 7.51. The molecule has 0 aliphatic carbocycles. The van der Waals surface area contributed by atoms with E-state index in [9.17, 15) is 9.59 Å². The summed E-state index contributed by atoms with van der Waals surface area (Å²) >= 11 is 19.6. The van der Waals surface area contributed by atoms with E-state index in [1.807, 2.05) is 0 Å². The Morgan fingerprint density at radius 1 is 1.15 bits per heavy atom. The number of carbonyl (C=O) groups is 2. The number of aromatic nitrogens is 1. The first-order chi connectivity index (χ1) is 15.9. The van der Waals surface area contributed by atoms with Gasteiger partial charge in [-0.2, -0.15) is 0 Å². The van der Waals surface area contributed by atoms with Crippen molar-refractivity contribution in [3.05, 3.63) is 74.2 Å². The van der Waals surface area contributed by atoms with Crippen LogP contribution in [0.4, 0.5) is 10.8 Å². The average molecular weight is 525 g/mol. The van der Waals surface area contributed by atoms with Gasteiger partial charge in [-0.15, -0.1) is 11.3 Å². The molecule has 1 aromatic heterocycles. The van der Waals surface area contributed by atoms with Gasteiger partial charge in [0.1, 0.15) is 5.69 Å². The van der Waals surface area contributed by atoms with Gasteiger partial charge >= 0.3 is 0 Å². The summed E-state index contributed by atoms with van der Waals surface area (Å²) in [6.07, 6.45) is 1.81. The number of anilines is 2. The lowest BCUT2D eigenvalue weighted by Gasteiger charge is -2.23. The maximum atomic E-state index is 13.6. The van der Waals surface area contributed by atoms with Crippen molar-refractivity contribution in [2.45, 2.75) is 18.9 Å². The van der Waals surface area contributed by atoms with E-state index in [0.717, 1.165) is 12.8 Å². The quantitative estimate of drug-likeness (QED) is 0.378. The normalized spacial score (nSPS) is 15.6. The van der Waals surface area contributed by atoms with Crippen LogP contribution < -0.4 is 4.90 Å². The number of carbonyl (C=O) groups excluding carboxylic acids is 2. The number of likely N-dealkylation sites (tertiary alicyclic amines) is 1. The Balaban J connectivity index is 1.70. The lowest BCUT2D eigenvalue weighted by atomic mass is 10.2. The molecule has 6 nitrogen and oxygen atoms in total. The maximum Gasteiger partial charge on any atom is 0.273 e. The van der Waals surface area contributed by atoms with Gasteiger partial charge in [0, 0.05) is 29.1 Å². The summed E-state index contributed by atoms with van der Waals surface area (Å²) < 4.78 is 5.26. The van der Waals surface area contributed by atoms with Crippen molar-refractivity contribution in [2.75, 3.05) is 25.2 Å². The zero-order chi connectivity index (χ0) is 23.5. The molecule has 0 N–H and O–H groups in total. The van der Waals surface area contributed by atoms with Gasteiger partial charge in [0.25, 0.3) is 11.8 Å². The molecule has 172 valence electrons. The minimum Gasteiger partial charge on any atom is -0.383 e. The van der Waals surface area contributed by atoms with E-state index < -0.39 is 5.91 Å². The van der Waals surface area contributed by atoms with Crippen LogP contribution in [-0.4, -0.2) is 48.0 Å². The highest BCUT2D eigenvalue weighted by Crippen LogP contribution is 2.34. The predicted molar refractivity (Wildman–Crippen MR) is 132 cm³/mol. The van der Waals surface area contributed by atoms with E-state index in [2.05, 4.69) is 4.98 Å². The fourth-order valence-corrected chi connectivity index (χ4v) is 5.20. The predicted octanol–water partition coefficient (Wildman–Crippen LogP) is 6.33. The van der Waals surface area contributed by atoms with Gasteiger partial charge in [-0.25, -0.2) is 4.98 Å². The van der Waals surface area contributed by atoms with Gasteiger partial charge in [-0.05, 0) is 55.3 Å². The first-order valence-electron chi connectivity index (χ1n) is 10.2. The lowest BCUT2D eigenvalue weighted by molar-refractivity contribution is 0.0625. The minimum atomic E-state index is -0.397. The van der Waals surface area contributed by atoms with Gasteiger partial charge in [0.05, 0.1) is 28.9 Å². The Hall–Kier alpha value is -2.16. The third kappa shape index (κ3) is 5.18. The van der Waals surface area contributed by atoms with Crippen LogP contribution in [0.3, 0.4) is 0 Å². The topological polar surface area (TPSA) is 62.7 Å². The number of hydrogen-bond acceptors (Lipinski definition) is 5. The molecule has 10 heteroatoms. The lowest BCUT2D eigenvalue weighted by Crippen LogP contribution is -2.38. The second kappa shape index (κ2) is 10.4. The molecule has 4 rings (SSSR count). The average Bonchev–Trinajstić information content (AvgIpc) is 3.45. The number of rotatable bonds is 6. The van der Waals surface area contributed by atoms with Gasteiger partial charge in [0.15, 0.2) is 5.13 Å². The molecule has 0 spiro atoms. The highest BCUT2D eigenvalue weighted by Gasteiger charge is 2.32. The van der Waals surface area contributed by atoms with E-state index in [1.54, 1.807) is 53.8 Å². The third-order valence-electron chi connectivity index (χ3n) is 5.35. The van der Waals surface area contributed by atoms with Crippen molar-refractivity contribution in [1.82, 2.24) is 9.88 Å². The Kier molecular flexibility index (Phi) is 7.56. The molecular formula is C23H20Cl3N3O3S. The molecule has 1 saturated heterocycles. The molecule has 0 unspecified atom stereocenters. The van der Waals surface area contributed by atoms with Gasteiger partial charge < -0.3 is 9.64 Å². The SMILES string of the molecule is COC[C@@H]1CCCN1C(=O)c1csc(N(C(=O)c2ccc(Cl)cc2Cl)c2ccc(Cl)cc2)n1. The molecule has 0 bridgehead atoms.